The summed E-state index contributed by atoms with van der Waals surface area (Å²) < 4.78 is 5.26. The van der Waals surface area contributed by atoms with Crippen LogP contribution in [-0.2, 0) is 12.8 Å². The molecule has 1 heterocycles. The molecular formula is C21H25N5O. The lowest BCUT2D eigenvalue weighted by atomic mass is 10.1. The molecule has 0 bridgehead atoms. The molecule has 0 aliphatic rings. The van der Waals surface area contributed by atoms with Gasteiger partial charge in [-0.3, -0.25) is 0 Å². The first kappa shape index (κ1) is 18.6. The molecule has 1 aromatic heterocycles. The minimum absolute atomic E-state index is 0.491. The topological polar surface area (TPSA) is 72.0 Å². The zero-order chi connectivity index (χ0) is 19.1. The van der Waals surface area contributed by atoms with Crippen molar-refractivity contribution < 1.29 is 4.74 Å². The number of anilines is 3. The van der Waals surface area contributed by atoms with Gasteiger partial charge in [0.05, 0.1) is 13.3 Å². The monoisotopic (exact) mass is 363 g/mol. The summed E-state index contributed by atoms with van der Waals surface area (Å²) >= 11 is 0. The molecule has 3 rings (SSSR count). The minimum atomic E-state index is 0.491. The Balaban J connectivity index is 1.64. The van der Waals surface area contributed by atoms with Crippen LogP contribution < -0.4 is 15.4 Å². The number of aromatic nitrogens is 3. The number of ether oxygens (including phenoxy) is 1. The Kier molecular flexibility index (Phi) is 6.20. The number of para-hydroxylation sites is 1. The molecule has 0 saturated carbocycles. The molecule has 0 spiro atoms. The van der Waals surface area contributed by atoms with Gasteiger partial charge in [-0.25, -0.2) is 0 Å². The van der Waals surface area contributed by atoms with Crippen LogP contribution in [-0.4, -0.2) is 28.8 Å². The third-order valence-electron chi connectivity index (χ3n) is 4.39. The zero-order valence-corrected chi connectivity index (χ0v) is 16.0. The first-order chi connectivity index (χ1) is 13.2. The van der Waals surface area contributed by atoms with E-state index in [2.05, 4.69) is 63.9 Å². The van der Waals surface area contributed by atoms with E-state index in [1.807, 2.05) is 18.2 Å². The number of methoxy groups -OCH3 is 1. The average Bonchev–Trinajstić information content (AvgIpc) is 2.70. The van der Waals surface area contributed by atoms with E-state index in [0.717, 1.165) is 36.4 Å². The molecule has 0 radical (unpaired) electrons. The van der Waals surface area contributed by atoms with Crippen LogP contribution in [0.4, 0.5) is 17.5 Å². The van der Waals surface area contributed by atoms with E-state index in [0.29, 0.717) is 11.8 Å². The summed E-state index contributed by atoms with van der Waals surface area (Å²) in [6.07, 6.45) is 3.44. The van der Waals surface area contributed by atoms with Crippen molar-refractivity contribution in [1.82, 2.24) is 15.2 Å². The zero-order valence-electron chi connectivity index (χ0n) is 16.0. The first-order valence-corrected chi connectivity index (χ1v) is 9.11. The van der Waals surface area contributed by atoms with Gasteiger partial charge in [0.2, 0.25) is 5.95 Å². The quantitative estimate of drug-likeness (QED) is 0.626. The number of hydrogen-bond acceptors (Lipinski definition) is 6. The molecule has 0 unspecified atom stereocenters. The van der Waals surface area contributed by atoms with Crippen LogP contribution in [0, 0.1) is 6.92 Å². The van der Waals surface area contributed by atoms with Crippen LogP contribution in [0.15, 0.2) is 48.7 Å². The van der Waals surface area contributed by atoms with Crippen molar-refractivity contribution in [3.63, 3.8) is 0 Å². The Bertz CT molecular complexity index is 897. The fourth-order valence-corrected chi connectivity index (χ4v) is 2.92. The summed E-state index contributed by atoms with van der Waals surface area (Å²) in [6, 6.07) is 14.3. The smallest absolute Gasteiger partial charge is 0.249 e. The maximum absolute atomic E-state index is 5.26. The standard InChI is InChI=1S/C21H25N5O/c1-4-17-9-5-7-15(2)20(17)25-21-24-19(14-23-26-21)22-12-11-16-8-6-10-18(13-16)27-3/h5-10,13-14H,4,11-12H2,1-3H3,(H2,22,24,25,26). The van der Waals surface area contributed by atoms with Crippen molar-refractivity contribution in [2.45, 2.75) is 26.7 Å². The lowest BCUT2D eigenvalue weighted by molar-refractivity contribution is 0.414. The second kappa shape index (κ2) is 8.98. The molecule has 140 valence electrons. The minimum Gasteiger partial charge on any atom is -0.497 e. The number of rotatable bonds is 8. The maximum atomic E-state index is 5.26. The number of hydrogen-bond donors (Lipinski definition) is 2. The Morgan fingerprint density at radius 1 is 1.11 bits per heavy atom. The lowest BCUT2D eigenvalue weighted by Gasteiger charge is -2.13. The maximum Gasteiger partial charge on any atom is 0.249 e. The van der Waals surface area contributed by atoms with E-state index in [-0.39, 0.29) is 0 Å². The van der Waals surface area contributed by atoms with Crippen LogP contribution in [0.25, 0.3) is 0 Å². The molecule has 2 aromatic carbocycles. The van der Waals surface area contributed by atoms with Crippen molar-refractivity contribution in [3.05, 3.63) is 65.4 Å². The molecule has 27 heavy (non-hydrogen) atoms. The third-order valence-corrected chi connectivity index (χ3v) is 4.39. The summed E-state index contributed by atoms with van der Waals surface area (Å²) in [5.74, 6) is 2.06. The molecule has 0 atom stereocenters. The van der Waals surface area contributed by atoms with Crippen LogP contribution in [0.3, 0.4) is 0 Å². The molecule has 6 heteroatoms. The van der Waals surface area contributed by atoms with Crippen LogP contribution >= 0.6 is 0 Å². The molecule has 0 saturated heterocycles. The highest BCUT2D eigenvalue weighted by molar-refractivity contribution is 5.63. The summed E-state index contributed by atoms with van der Waals surface area (Å²) in [7, 11) is 1.68. The van der Waals surface area contributed by atoms with E-state index in [4.69, 9.17) is 4.74 Å². The van der Waals surface area contributed by atoms with Crippen molar-refractivity contribution in [2.75, 3.05) is 24.3 Å². The molecule has 0 amide bonds. The predicted molar refractivity (Wildman–Crippen MR) is 109 cm³/mol. The SMILES string of the molecule is CCc1cccc(C)c1Nc1nncc(NCCc2cccc(OC)c2)n1. The second-order valence-electron chi connectivity index (χ2n) is 6.28. The number of benzene rings is 2. The lowest BCUT2D eigenvalue weighted by Crippen LogP contribution is -2.09. The summed E-state index contributed by atoms with van der Waals surface area (Å²) in [5, 5.41) is 14.8. The predicted octanol–water partition coefficient (Wildman–Crippen LogP) is 4.15. The Morgan fingerprint density at radius 3 is 2.78 bits per heavy atom. The van der Waals surface area contributed by atoms with Gasteiger partial charge in [0.15, 0.2) is 5.82 Å². The largest absolute Gasteiger partial charge is 0.497 e. The van der Waals surface area contributed by atoms with Crippen LogP contribution in [0.1, 0.15) is 23.6 Å². The normalized spacial score (nSPS) is 10.5. The number of nitrogens with zero attached hydrogens (tertiary/aromatic N) is 3. The third kappa shape index (κ3) is 4.94. The fourth-order valence-electron chi connectivity index (χ4n) is 2.92. The highest BCUT2D eigenvalue weighted by Gasteiger charge is 2.07. The van der Waals surface area contributed by atoms with Gasteiger partial charge in [-0.2, -0.15) is 10.1 Å². The van der Waals surface area contributed by atoms with Gasteiger partial charge < -0.3 is 15.4 Å². The van der Waals surface area contributed by atoms with E-state index in [1.165, 1.54) is 11.1 Å². The van der Waals surface area contributed by atoms with Gasteiger partial charge in [-0.05, 0) is 48.6 Å². The van der Waals surface area contributed by atoms with Gasteiger partial charge in [0.25, 0.3) is 0 Å². The molecule has 6 nitrogen and oxygen atoms in total. The van der Waals surface area contributed by atoms with Gasteiger partial charge in [-0.15, -0.1) is 5.10 Å². The van der Waals surface area contributed by atoms with Crippen molar-refractivity contribution in [2.24, 2.45) is 0 Å². The Morgan fingerprint density at radius 2 is 1.96 bits per heavy atom. The number of aryl methyl sites for hydroxylation is 2. The summed E-state index contributed by atoms with van der Waals surface area (Å²) in [4.78, 5) is 4.53. The Labute approximate surface area is 160 Å². The highest BCUT2D eigenvalue weighted by Crippen LogP contribution is 2.24. The van der Waals surface area contributed by atoms with Gasteiger partial charge in [-0.1, -0.05) is 37.3 Å². The van der Waals surface area contributed by atoms with Gasteiger partial charge in [0.1, 0.15) is 5.75 Å². The number of nitrogens with one attached hydrogen (secondary N) is 2. The van der Waals surface area contributed by atoms with Crippen LogP contribution in [0.5, 0.6) is 5.75 Å². The van der Waals surface area contributed by atoms with E-state index in [9.17, 15) is 0 Å². The molecule has 0 aliphatic carbocycles. The molecular weight excluding hydrogens is 338 g/mol. The Hall–Kier alpha value is -3.15. The van der Waals surface area contributed by atoms with Crippen molar-refractivity contribution in [3.8, 4) is 5.75 Å². The van der Waals surface area contributed by atoms with Crippen molar-refractivity contribution >= 4 is 17.5 Å². The second-order valence-corrected chi connectivity index (χ2v) is 6.28. The van der Waals surface area contributed by atoms with E-state index >= 15 is 0 Å². The van der Waals surface area contributed by atoms with Gasteiger partial charge >= 0.3 is 0 Å². The molecule has 0 fully saturated rings. The fraction of sp³-hybridized carbons (Fsp3) is 0.286. The van der Waals surface area contributed by atoms with Crippen LogP contribution in [0.2, 0.25) is 0 Å². The van der Waals surface area contributed by atoms with E-state index in [1.54, 1.807) is 13.3 Å². The summed E-state index contributed by atoms with van der Waals surface area (Å²) in [6.45, 7) is 4.96. The molecule has 0 aliphatic heterocycles. The molecule has 3 aromatic rings. The highest BCUT2D eigenvalue weighted by atomic mass is 16.5. The first-order valence-electron chi connectivity index (χ1n) is 9.11. The average molecular weight is 363 g/mol. The van der Waals surface area contributed by atoms with E-state index < -0.39 is 0 Å². The molecule has 2 N–H and O–H groups in total. The van der Waals surface area contributed by atoms with Crippen molar-refractivity contribution in [1.29, 1.82) is 0 Å². The van der Waals surface area contributed by atoms with Gasteiger partial charge in [0, 0.05) is 12.2 Å². The summed E-state index contributed by atoms with van der Waals surface area (Å²) in [5.41, 5.74) is 4.65.